The first kappa shape index (κ1) is 31.6. The van der Waals surface area contributed by atoms with Crippen LogP contribution in [0, 0.1) is 17.8 Å². The molecule has 2 heterocycles. The number of allylic oxidation sites excluding steroid dienone is 2. The van der Waals surface area contributed by atoms with Gasteiger partial charge in [0.2, 0.25) is 0 Å². The summed E-state index contributed by atoms with van der Waals surface area (Å²) in [7, 11) is 0. The SMILES string of the molecule is C1=C2CC3C2C1C3c1ccc(-c2nc(-c3ccccc3)nc(-c3cccc(-c4cccc(-c5nc(-c6ccccc6)nc(-c6ccccc6)n5)c4)c3)n2)cc1. The van der Waals surface area contributed by atoms with Gasteiger partial charge in [-0.25, -0.2) is 29.9 Å². The molecule has 0 saturated heterocycles. The Balaban J connectivity index is 0.957. The summed E-state index contributed by atoms with van der Waals surface area (Å²) in [4.78, 5) is 29.9. The third kappa shape index (κ3) is 5.57. The Morgan fingerprint density at radius 1 is 0.327 bits per heavy atom. The number of nitrogens with zero attached hydrogens (tertiary/aromatic N) is 6. The first-order valence-electron chi connectivity index (χ1n) is 18.9. The van der Waals surface area contributed by atoms with Crippen molar-refractivity contribution in [1.29, 1.82) is 0 Å². The van der Waals surface area contributed by atoms with Gasteiger partial charge in [-0.15, -0.1) is 0 Å². The summed E-state index contributed by atoms with van der Waals surface area (Å²) in [6.07, 6.45) is 3.80. The van der Waals surface area contributed by atoms with E-state index in [1.54, 1.807) is 5.57 Å². The summed E-state index contributed by atoms with van der Waals surface area (Å²) in [6.45, 7) is 0. The zero-order valence-electron chi connectivity index (χ0n) is 29.9. The van der Waals surface area contributed by atoms with E-state index in [-0.39, 0.29) is 0 Å². The molecule has 0 spiro atoms. The van der Waals surface area contributed by atoms with Crippen molar-refractivity contribution in [3.8, 4) is 79.5 Å². The van der Waals surface area contributed by atoms with Crippen LogP contribution in [0.4, 0.5) is 0 Å². The van der Waals surface area contributed by atoms with Gasteiger partial charge in [-0.05, 0) is 58.9 Å². The van der Waals surface area contributed by atoms with Crippen molar-refractivity contribution in [2.24, 2.45) is 17.8 Å². The molecule has 4 unspecified atom stereocenters. The van der Waals surface area contributed by atoms with E-state index in [4.69, 9.17) is 29.9 Å². The van der Waals surface area contributed by atoms with Gasteiger partial charge >= 0.3 is 0 Å². The van der Waals surface area contributed by atoms with Crippen LogP contribution >= 0.6 is 0 Å². The van der Waals surface area contributed by atoms with E-state index >= 15 is 0 Å². The fourth-order valence-corrected chi connectivity index (χ4v) is 8.70. The van der Waals surface area contributed by atoms with Crippen molar-refractivity contribution in [3.05, 3.63) is 181 Å². The molecule has 0 N–H and O–H groups in total. The Hall–Kier alpha value is -6.92. The molecular formula is C49H34N6. The lowest BCUT2D eigenvalue weighted by Gasteiger charge is -2.67. The maximum atomic E-state index is 5.09. The van der Waals surface area contributed by atoms with Crippen LogP contribution < -0.4 is 0 Å². The number of benzene rings is 6. The van der Waals surface area contributed by atoms with Crippen LogP contribution in [0.2, 0.25) is 0 Å². The molecule has 55 heavy (non-hydrogen) atoms. The van der Waals surface area contributed by atoms with Gasteiger partial charge in [0.05, 0.1) is 0 Å². The highest BCUT2D eigenvalue weighted by Gasteiger charge is 2.62. The number of rotatable bonds is 8. The number of hydrogen-bond donors (Lipinski definition) is 0. The Morgan fingerprint density at radius 3 is 1.05 bits per heavy atom. The molecule has 4 atom stereocenters. The summed E-state index contributed by atoms with van der Waals surface area (Å²) in [5.41, 5.74) is 10.8. The van der Waals surface area contributed by atoms with Crippen molar-refractivity contribution in [3.63, 3.8) is 0 Å². The molecule has 260 valence electrons. The molecule has 0 aliphatic heterocycles. The van der Waals surface area contributed by atoms with Crippen molar-refractivity contribution in [2.75, 3.05) is 0 Å². The van der Waals surface area contributed by atoms with Gasteiger partial charge in [0.25, 0.3) is 0 Å². The summed E-state index contributed by atoms with van der Waals surface area (Å²) in [5, 5.41) is 0. The third-order valence-electron chi connectivity index (χ3n) is 11.6. The van der Waals surface area contributed by atoms with Crippen molar-refractivity contribution in [2.45, 2.75) is 12.3 Å². The van der Waals surface area contributed by atoms with Gasteiger partial charge in [-0.3, -0.25) is 0 Å². The van der Waals surface area contributed by atoms with Gasteiger partial charge in [0, 0.05) is 33.4 Å². The average Bonchev–Trinajstić information content (AvgIpc) is 3.27. The van der Waals surface area contributed by atoms with Crippen molar-refractivity contribution < 1.29 is 0 Å². The predicted molar refractivity (Wildman–Crippen MR) is 217 cm³/mol. The second kappa shape index (κ2) is 12.9. The van der Waals surface area contributed by atoms with E-state index in [0.717, 1.165) is 62.3 Å². The molecule has 0 bridgehead atoms. The van der Waals surface area contributed by atoms with Crippen LogP contribution in [0.25, 0.3) is 79.5 Å². The van der Waals surface area contributed by atoms with E-state index in [2.05, 4.69) is 78.9 Å². The second-order valence-corrected chi connectivity index (χ2v) is 14.7. The van der Waals surface area contributed by atoms with E-state index in [0.29, 0.717) is 40.9 Å². The maximum absolute atomic E-state index is 5.09. The van der Waals surface area contributed by atoms with Gasteiger partial charge in [0.15, 0.2) is 34.9 Å². The van der Waals surface area contributed by atoms with Gasteiger partial charge in [-0.1, -0.05) is 163 Å². The molecule has 6 aromatic carbocycles. The lowest BCUT2D eigenvalue weighted by molar-refractivity contribution is -0.00598. The van der Waals surface area contributed by atoms with Crippen molar-refractivity contribution in [1.82, 2.24) is 29.9 Å². The number of aromatic nitrogens is 6. The van der Waals surface area contributed by atoms with Crippen molar-refractivity contribution >= 4 is 0 Å². The van der Waals surface area contributed by atoms with Gasteiger partial charge in [0.1, 0.15) is 0 Å². The molecule has 6 heteroatoms. The fraction of sp³-hybridized carbons (Fsp3) is 0.102. The highest BCUT2D eigenvalue weighted by Crippen LogP contribution is 2.72. The number of hydrogen-bond acceptors (Lipinski definition) is 6. The van der Waals surface area contributed by atoms with Gasteiger partial charge < -0.3 is 0 Å². The first-order valence-corrected chi connectivity index (χ1v) is 18.9. The van der Waals surface area contributed by atoms with Crippen LogP contribution in [0.1, 0.15) is 17.9 Å². The predicted octanol–water partition coefficient (Wildman–Crippen LogP) is 11.0. The quantitative estimate of drug-likeness (QED) is 0.146. The molecule has 3 aliphatic carbocycles. The average molecular weight is 707 g/mol. The van der Waals surface area contributed by atoms with Crippen LogP contribution in [-0.4, -0.2) is 29.9 Å². The molecule has 2 saturated carbocycles. The second-order valence-electron chi connectivity index (χ2n) is 14.7. The fourth-order valence-electron chi connectivity index (χ4n) is 8.70. The Bertz CT molecular complexity index is 2690. The summed E-state index contributed by atoms with van der Waals surface area (Å²) < 4.78 is 0. The Labute approximate surface area is 319 Å². The van der Waals surface area contributed by atoms with Gasteiger partial charge in [-0.2, -0.15) is 0 Å². The third-order valence-corrected chi connectivity index (χ3v) is 11.6. The lowest BCUT2D eigenvalue weighted by Crippen LogP contribution is -2.58. The standard InChI is InChI=1S/C49H34N6/c1-4-12-31(13-5-1)44-50-45(32-14-6-2-7-15-32)53-48(52-44)37-20-10-18-35(26-37)36-19-11-21-38(27-36)49-54-46(33-16-8-3-9-17-33)51-47(55-49)34-24-22-30(23-25-34)42-40-28-39-29-41(42)43(39)40/h1-28,40-43H,29H2. The summed E-state index contributed by atoms with van der Waals surface area (Å²) >= 11 is 0. The Morgan fingerprint density at radius 2 is 0.691 bits per heavy atom. The summed E-state index contributed by atoms with van der Waals surface area (Å²) in [6, 6.07) is 56.0. The zero-order chi connectivity index (χ0) is 36.3. The van der Waals surface area contributed by atoms with Crippen LogP contribution in [-0.2, 0) is 0 Å². The molecule has 11 rings (SSSR count). The summed E-state index contributed by atoms with van der Waals surface area (Å²) in [5.74, 6) is 6.97. The van der Waals surface area contributed by atoms with E-state index < -0.39 is 0 Å². The largest absolute Gasteiger partial charge is 0.208 e. The molecule has 8 aromatic rings. The normalized spacial score (nSPS) is 18.9. The molecule has 3 aliphatic rings. The minimum absolute atomic E-state index is 0.616. The smallest absolute Gasteiger partial charge is 0.164 e. The molecule has 6 nitrogen and oxygen atoms in total. The molecule has 2 fully saturated rings. The van der Waals surface area contributed by atoms with E-state index in [1.807, 2.05) is 91.0 Å². The first-order chi connectivity index (χ1) is 27.2. The lowest BCUT2D eigenvalue weighted by atomic mass is 9.37. The zero-order valence-corrected chi connectivity index (χ0v) is 29.9. The molecule has 0 radical (unpaired) electrons. The highest BCUT2D eigenvalue weighted by molar-refractivity contribution is 5.76. The molecular weight excluding hydrogens is 673 g/mol. The highest BCUT2D eigenvalue weighted by atomic mass is 15.0. The van der Waals surface area contributed by atoms with Crippen LogP contribution in [0.15, 0.2) is 175 Å². The molecule has 0 amide bonds. The monoisotopic (exact) mass is 706 g/mol. The maximum Gasteiger partial charge on any atom is 0.164 e. The van der Waals surface area contributed by atoms with E-state index in [1.165, 1.54) is 12.0 Å². The van der Waals surface area contributed by atoms with Crippen LogP contribution in [0.5, 0.6) is 0 Å². The Kier molecular flexibility index (Phi) is 7.40. The minimum Gasteiger partial charge on any atom is -0.208 e. The van der Waals surface area contributed by atoms with E-state index in [9.17, 15) is 0 Å². The van der Waals surface area contributed by atoms with Crippen LogP contribution in [0.3, 0.4) is 0 Å². The topological polar surface area (TPSA) is 77.3 Å². The molecule has 2 aromatic heterocycles. The minimum atomic E-state index is 0.616.